The Morgan fingerprint density at radius 1 is 0.862 bits per heavy atom. The van der Waals surface area contributed by atoms with Gasteiger partial charge in [0.2, 0.25) is 0 Å². The first-order chi connectivity index (χ1) is 13.8. The second-order valence-corrected chi connectivity index (χ2v) is 12.8. The summed E-state index contributed by atoms with van der Waals surface area (Å²) >= 11 is 0. The van der Waals surface area contributed by atoms with Crippen molar-refractivity contribution < 1.29 is 0 Å². The van der Waals surface area contributed by atoms with Crippen molar-refractivity contribution in [3.63, 3.8) is 0 Å². The van der Waals surface area contributed by atoms with Crippen molar-refractivity contribution in [2.75, 3.05) is 0 Å². The molecule has 0 aliphatic heterocycles. The van der Waals surface area contributed by atoms with Gasteiger partial charge in [-0.15, -0.1) is 0 Å². The van der Waals surface area contributed by atoms with Gasteiger partial charge in [0, 0.05) is 6.04 Å². The third-order valence-electron chi connectivity index (χ3n) is 11.0. The Morgan fingerprint density at radius 3 is 2.34 bits per heavy atom. The van der Waals surface area contributed by atoms with Gasteiger partial charge in [-0.1, -0.05) is 66.7 Å². The van der Waals surface area contributed by atoms with E-state index in [1.807, 2.05) is 0 Å². The first-order valence-electron chi connectivity index (χ1n) is 13.3. The summed E-state index contributed by atoms with van der Waals surface area (Å²) in [5.74, 6) is 12.5. The van der Waals surface area contributed by atoms with Gasteiger partial charge in [-0.3, -0.25) is 11.3 Å². The Kier molecular flexibility index (Phi) is 6.45. The Hall–Kier alpha value is -0.0800. The maximum atomic E-state index is 6.17. The van der Waals surface area contributed by atoms with Crippen LogP contribution >= 0.6 is 0 Å². The van der Waals surface area contributed by atoms with Gasteiger partial charge >= 0.3 is 0 Å². The quantitative estimate of drug-likeness (QED) is 0.373. The molecule has 0 aromatic heterocycles. The van der Waals surface area contributed by atoms with Crippen LogP contribution in [0, 0.1) is 52.3 Å². The van der Waals surface area contributed by atoms with Crippen LogP contribution in [-0.2, 0) is 0 Å². The lowest BCUT2D eigenvalue weighted by Crippen LogP contribution is -2.61. The summed E-state index contributed by atoms with van der Waals surface area (Å²) < 4.78 is 0. The average Bonchev–Trinajstić information content (AvgIpc) is 3.04. The molecule has 0 saturated heterocycles. The second kappa shape index (κ2) is 8.45. The Morgan fingerprint density at radius 2 is 1.62 bits per heavy atom. The number of hydrazine groups is 1. The molecule has 4 aliphatic rings. The molecule has 1 unspecified atom stereocenters. The van der Waals surface area contributed by atoms with E-state index in [1.165, 1.54) is 77.0 Å². The summed E-state index contributed by atoms with van der Waals surface area (Å²) in [4.78, 5) is 0. The molecule has 0 aromatic carbocycles. The molecule has 0 aromatic rings. The van der Waals surface area contributed by atoms with Gasteiger partial charge in [-0.2, -0.15) is 0 Å². The van der Waals surface area contributed by atoms with Crippen LogP contribution in [-0.4, -0.2) is 6.04 Å². The molecule has 0 spiro atoms. The van der Waals surface area contributed by atoms with Gasteiger partial charge in [0.15, 0.2) is 0 Å². The van der Waals surface area contributed by atoms with Crippen LogP contribution < -0.4 is 11.3 Å². The zero-order chi connectivity index (χ0) is 20.8. The Balaban J connectivity index is 1.51. The molecule has 29 heavy (non-hydrogen) atoms. The average molecular weight is 403 g/mol. The summed E-state index contributed by atoms with van der Waals surface area (Å²) in [7, 11) is 0. The standard InChI is InChI=1S/C27H50N2/c1-18(2)9-8-10-19(3)21-12-13-22-20-17-25(29-28)24-11-6-7-15-26(24,4)23(20)14-16-27(21,22)5/h18-25,29H,6-17,28H2,1-5H3/t19?,20-,21+,22-,23-,24+,25+,26+,27+/m0/s1. The van der Waals surface area contributed by atoms with Crippen LogP contribution in [0.15, 0.2) is 0 Å². The number of nitrogens with one attached hydrogen (secondary N) is 1. The number of fused-ring (bicyclic) bond motifs is 5. The predicted octanol–water partition coefficient (Wildman–Crippen LogP) is 6.94. The second-order valence-electron chi connectivity index (χ2n) is 12.8. The third kappa shape index (κ3) is 3.73. The number of hydrogen-bond donors (Lipinski definition) is 2. The molecule has 4 fully saturated rings. The van der Waals surface area contributed by atoms with E-state index in [1.54, 1.807) is 0 Å². The molecule has 4 rings (SSSR count). The van der Waals surface area contributed by atoms with Gasteiger partial charge in [-0.25, -0.2) is 0 Å². The molecule has 0 heterocycles. The minimum Gasteiger partial charge on any atom is -0.271 e. The fourth-order valence-electron chi connectivity index (χ4n) is 9.61. The van der Waals surface area contributed by atoms with E-state index >= 15 is 0 Å². The number of nitrogens with two attached hydrogens (primary N) is 1. The van der Waals surface area contributed by atoms with Gasteiger partial charge < -0.3 is 0 Å². The maximum Gasteiger partial charge on any atom is 0.0246 e. The monoisotopic (exact) mass is 402 g/mol. The molecule has 0 radical (unpaired) electrons. The number of rotatable bonds is 6. The molecule has 2 nitrogen and oxygen atoms in total. The normalized spacial score (nSPS) is 48.1. The summed E-state index contributed by atoms with van der Waals surface area (Å²) in [6.45, 7) is 12.7. The van der Waals surface area contributed by atoms with Crippen molar-refractivity contribution in [1.82, 2.24) is 5.43 Å². The predicted molar refractivity (Wildman–Crippen MR) is 124 cm³/mol. The summed E-state index contributed by atoms with van der Waals surface area (Å²) in [6, 6.07) is 0.561. The van der Waals surface area contributed by atoms with Crippen molar-refractivity contribution in [1.29, 1.82) is 0 Å². The lowest BCUT2D eigenvalue weighted by molar-refractivity contribution is -0.126. The summed E-state index contributed by atoms with van der Waals surface area (Å²) in [5, 5.41) is 0. The third-order valence-corrected chi connectivity index (χ3v) is 11.0. The minimum atomic E-state index is 0.542. The first kappa shape index (κ1) is 22.1. The van der Waals surface area contributed by atoms with Crippen LogP contribution in [0.1, 0.15) is 112 Å². The van der Waals surface area contributed by atoms with Crippen molar-refractivity contribution in [3.8, 4) is 0 Å². The van der Waals surface area contributed by atoms with E-state index in [-0.39, 0.29) is 0 Å². The molecule has 0 bridgehead atoms. The molecule has 9 atom stereocenters. The van der Waals surface area contributed by atoms with E-state index in [2.05, 4.69) is 40.0 Å². The highest BCUT2D eigenvalue weighted by Crippen LogP contribution is 2.68. The van der Waals surface area contributed by atoms with Crippen molar-refractivity contribution in [2.45, 2.75) is 118 Å². The molecule has 4 saturated carbocycles. The fraction of sp³-hybridized carbons (Fsp3) is 1.00. The SMILES string of the molecule is CC(C)CCCC(C)[C@H]1CC[C@H]2[C@@H]3C[C@@H](NN)[C@H]4CCCC[C@]4(C)[C@H]3CC[C@]12C. The fourth-order valence-corrected chi connectivity index (χ4v) is 9.61. The molecular formula is C27H50N2. The van der Waals surface area contributed by atoms with Gasteiger partial charge in [0.25, 0.3) is 0 Å². The molecule has 3 N–H and O–H groups in total. The number of hydrogen-bond acceptors (Lipinski definition) is 2. The van der Waals surface area contributed by atoms with E-state index < -0.39 is 0 Å². The van der Waals surface area contributed by atoms with E-state index in [4.69, 9.17) is 5.84 Å². The van der Waals surface area contributed by atoms with Crippen LogP contribution in [0.3, 0.4) is 0 Å². The van der Waals surface area contributed by atoms with Crippen LogP contribution in [0.4, 0.5) is 0 Å². The highest BCUT2D eigenvalue weighted by atomic mass is 15.2. The maximum absolute atomic E-state index is 6.17. The zero-order valence-electron chi connectivity index (χ0n) is 20.2. The summed E-state index contributed by atoms with van der Waals surface area (Å²) in [5.41, 5.74) is 4.46. The van der Waals surface area contributed by atoms with Crippen molar-refractivity contribution in [3.05, 3.63) is 0 Å². The molecule has 0 amide bonds. The van der Waals surface area contributed by atoms with E-state index in [0.29, 0.717) is 16.9 Å². The molecule has 2 heteroatoms. The zero-order valence-corrected chi connectivity index (χ0v) is 20.2. The van der Waals surface area contributed by atoms with E-state index in [9.17, 15) is 0 Å². The van der Waals surface area contributed by atoms with Crippen molar-refractivity contribution >= 4 is 0 Å². The van der Waals surface area contributed by atoms with Gasteiger partial charge in [0.1, 0.15) is 0 Å². The minimum absolute atomic E-state index is 0.542. The van der Waals surface area contributed by atoms with Gasteiger partial charge in [-0.05, 0) is 97.2 Å². The van der Waals surface area contributed by atoms with Crippen LogP contribution in [0.2, 0.25) is 0 Å². The molecule has 168 valence electrons. The highest BCUT2D eigenvalue weighted by Gasteiger charge is 2.61. The largest absolute Gasteiger partial charge is 0.271 e. The van der Waals surface area contributed by atoms with Crippen LogP contribution in [0.5, 0.6) is 0 Å². The highest BCUT2D eigenvalue weighted by molar-refractivity contribution is 5.11. The lowest BCUT2D eigenvalue weighted by Gasteiger charge is -2.62. The topological polar surface area (TPSA) is 38.0 Å². The first-order valence-corrected chi connectivity index (χ1v) is 13.3. The van der Waals surface area contributed by atoms with Crippen LogP contribution in [0.25, 0.3) is 0 Å². The lowest BCUT2D eigenvalue weighted by atomic mass is 9.43. The Labute approximate surface area is 181 Å². The van der Waals surface area contributed by atoms with Gasteiger partial charge in [0.05, 0.1) is 0 Å². The molecular weight excluding hydrogens is 352 g/mol. The smallest absolute Gasteiger partial charge is 0.0246 e. The van der Waals surface area contributed by atoms with E-state index in [0.717, 1.165) is 41.4 Å². The summed E-state index contributed by atoms with van der Waals surface area (Å²) in [6.07, 6.45) is 17.4. The molecule has 4 aliphatic carbocycles. The van der Waals surface area contributed by atoms with Crippen molar-refractivity contribution in [2.24, 2.45) is 58.1 Å². The Bertz CT molecular complexity index is 559.